The highest BCUT2D eigenvalue weighted by molar-refractivity contribution is 7.16. The van der Waals surface area contributed by atoms with E-state index in [4.69, 9.17) is 0 Å². The van der Waals surface area contributed by atoms with Crippen molar-refractivity contribution < 1.29 is 4.79 Å². The minimum Gasteiger partial charge on any atom is -0.354 e. The first-order chi connectivity index (χ1) is 8.72. The molecule has 2 rings (SSSR count). The van der Waals surface area contributed by atoms with Crippen molar-refractivity contribution in [1.82, 2.24) is 14.9 Å². The molecule has 0 spiro atoms. The maximum absolute atomic E-state index is 12.0. The standard InChI is InChI=1S/C12H13N3O2S/c1-2-3-5-13-10(16)7-15-8-14-11-9(12(15)17)4-6-18-11/h2,4,6,8H,1,3,5,7H2,(H,13,16). The summed E-state index contributed by atoms with van der Waals surface area (Å²) in [4.78, 5) is 28.4. The summed E-state index contributed by atoms with van der Waals surface area (Å²) >= 11 is 1.41. The van der Waals surface area contributed by atoms with Gasteiger partial charge in [0.25, 0.3) is 5.56 Å². The summed E-state index contributed by atoms with van der Waals surface area (Å²) < 4.78 is 1.32. The van der Waals surface area contributed by atoms with Gasteiger partial charge in [-0.2, -0.15) is 0 Å². The molecule has 0 bridgehead atoms. The highest BCUT2D eigenvalue weighted by Gasteiger charge is 2.08. The minimum absolute atomic E-state index is 0.00520. The van der Waals surface area contributed by atoms with Gasteiger partial charge in [0.05, 0.1) is 11.7 Å². The Balaban J connectivity index is 2.11. The second-order valence-electron chi connectivity index (χ2n) is 3.74. The fourth-order valence-electron chi connectivity index (χ4n) is 1.53. The van der Waals surface area contributed by atoms with Gasteiger partial charge in [0.15, 0.2) is 0 Å². The van der Waals surface area contributed by atoms with E-state index in [1.165, 1.54) is 22.2 Å². The summed E-state index contributed by atoms with van der Waals surface area (Å²) in [5.41, 5.74) is -0.180. The van der Waals surface area contributed by atoms with Crippen LogP contribution < -0.4 is 10.9 Å². The van der Waals surface area contributed by atoms with Crippen LogP contribution in [0.25, 0.3) is 10.2 Å². The van der Waals surface area contributed by atoms with Crippen molar-refractivity contribution in [1.29, 1.82) is 0 Å². The quantitative estimate of drug-likeness (QED) is 0.650. The zero-order valence-corrected chi connectivity index (χ0v) is 10.6. The van der Waals surface area contributed by atoms with E-state index in [0.717, 1.165) is 0 Å². The van der Waals surface area contributed by atoms with E-state index in [9.17, 15) is 9.59 Å². The normalized spacial score (nSPS) is 10.4. The Labute approximate surface area is 108 Å². The molecule has 1 N–H and O–H groups in total. The molecule has 0 unspecified atom stereocenters. The SMILES string of the molecule is C=CCCNC(=O)Cn1cnc2sccc2c1=O. The molecule has 94 valence electrons. The third kappa shape index (κ3) is 2.65. The smallest absolute Gasteiger partial charge is 0.262 e. The zero-order chi connectivity index (χ0) is 13.0. The maximum Gasteiger partial charge on any atom is 0.262 e. The zero-order valence-electron chi connectivity index (χ0n) is 9.76. The van der Waals surface area contributed by atoms with Gasteiger partial charge in [-0.05, 0) is 17.9 Å². The molecule has 6 heteroatoms. The van der Waals surface area contributed by atoms with Crippen LogP contribution in [0.5, 0.6) is 0 Å². The number of aromatic nitrogens is 2. The van der Waals surface area contributed by atoms with Crippen molar-refractivity contribution in [3.8, 4) is 0 Å². The topological polar surface area (TPSA) is 64.0 Å². The average Bonchev–Trinajstić information content (AvgIpc) is 2.82. The molecule has 0 aliphatic heterocycles. The molecule has 2 aromatic heterocycles. The van der Waals surface area contributed by atoms with Gasteiger partial charge in [0, 0.05) is 6.54 Å². The van der Waals surface area contributed by atoms with E-state index < -0.39 is 0 Å². The molecule has 0 radical (unpaired) electrons. The van der Waals surface area contributed by atoms with Crippen molar-refractivity contribution in [2.75, 3.05) is 6.54 Å². The largest absolute Gasteiger partial charge is 0.354 e. The van der Waals surface area contributed by atoms with Gasteiger partial charge in [-0.15, -0.1) is 17.9 Å². The fraction of sp³-hybridized carbons (Fsp3) is 0.250. The molecule has 0 aromatic carbocycles. The lowest BCUT2D eigenvalue weighted by Gasteiger charge is -2.05. The van der Waals surface area contributed by atoms with Crippen LogP contribution >= 0.6 is 11.3 Å². The first-order valence-corrected chi connectivity index (χ1v) is 6.40. The number of nitrogens with one attached hydrogen (secondary N) is 1. The molecule has 2 aromatic rings. The van der Waals surface area contributed by atoms with Gasteiger partial charge >= 0.3 is 0 Å². The van der Waals surface area contributed by atoms with E-state index >= 15 is 0 Å². The van der Waals surface area contributed by atoms with E-state index in [-0.39, 0.29) is 18.0 Å². The number of carbonyl (C=O) groups is 1. The van der Waals surface area contributed by atoms with E-state index in [0.29, 0.717) is 23.2 Å². The molecular weight excluding hydrogens is 250 g/mol. The number of nitrogens with zero attached hydrogens (tertiary/aromatic N) is 2. The molecule has 2 heterocycles. The summed E-state index contributed by atoms with van der Waals surface area (Å²) in [6, 6.07) is 1.72. The molecule has 5 nitrogen and oxygen atoms in total. The second kappa shape index (κ2) is 5.59. The van der Waals surface area contributed by atoms with Gasteiger partial charge in [0.1, 0.15) is 11.4 Å². The number of thiophene rings is 1. The van der Waals surface area contributed by atoms with E-state index in [1.54, 1.807) is 12.1 Å². The fourth-order valence-corrected chi connectivity index (χ4v) is 2.25. The molecule has 0 atom stereocenters. The number of hydrogen-bond acceptors (Lipinski definition) is 4. The van der Waals surface area contributed by atoms with Crippen LogP contribution in [0.3, 0.4) is 0 Å². The third-order valence-electron chi connectivity index (χ3n) is 2.44. The average molecular weight is 263 g/mol. The highest BCUT2D eigenvalue weighted by atomic mass is 32.1. The van der Waals surface area contributed by atoms with Gasteiger partial charge in [0.2, 0.25) is 5.91 Å². The lowest BCUT2D eigenvalue weighted by Crippen LogP contribution is -2.32. The van der Waals surface area contributed by atoms with Gasteiger partial charge in [-0.25, -0.2) is 4.98 Å². The Bertz CT molecular complexity index is 630. The first-order valence-electron chi connectivity index (χ1n) is 5.52. The number of rotatable bonds is 5. The van der Waals surface area contributed by atoms with Crippen LogP contribution in [0.15, 0.2) is 35.2 Å². The summed E-state index contributed by atoms with van der Waals surface area (Å²) in [5, 5.41) is 5.08. The van der Waals surface area contributed by atoms with Crippen molar-refractivity contribution in [2.24, 2.45) is 0 Å². The Hall–Kier alpha value is -1.95. The molecule has 1 amide bonds. The summed E-state index contributed by atoms with van der Waals surface area (Å²) in [7, 11) is 0. The monoisotopic (exact) mass is 263 g/mol. The number of amides is 1. The molecule has 0 saturated heterocycles. The highest BCUT2D eigenvalue weighted by Crippen LogP contribution is 2.12. The number of fused-ring (bicyclic) bond motifs is 1. The Kier molecular flexibility index (Phi) is 3.88. The molecule has 0 fully saturated rings. The summed E-state index contributed by atoms with van der Waals surface area (Å²) in [5.74, 6) is -0.199. The predicted molar refractivity (Wildman–Crippen MR) is 71.7 cm³/mol. The van der Waals surface area contributed by atoms with Crippen LogP contribution in [0.4, 0.5) is 0 Å². The van der Waals surface area contributed by atoms with Crippen molar-refractivity contribution >= 4 is 27.5 Å². The molecule has 18 heavy (non-hydrogen) atoms. The van der Waals surface area contributed by atoms with Crippen LogP contribution in [-0.2, 0) is 11.3 Å². The van der Waals surface area contributed by atoms with Crippen LogP contribution in [0, 0.1) is 0 Å². The Morgan fingerprint density at radius 1 is 1.61 bits per heavy atom. The predicted octanol–water partition coefficient (Wildman–Crippen LogP) is 1.15. The van der Waals surface area contributed by atoms with Crippen molar-refractivity contribution in [3.63, 3.8) is 0 Å². The Morgan fingerprint density at radius 3 is 3.22 bits per heavy atom. The maximum atomic E-state index is 12.0. The van der Waals surface area contributed by atoms with Gasteiger partial charge < -0.3 is 5.32 Å². The molecular formula is C12H13N3O2S. The van der Waals surface area contributed by atoms with Crippen LogP contribution in [0.1, 0.15) is 6.42 Å². The van der Waals surface area contributed by atoms with Crippen molar-refractivity contribution in [2.45, 2.75) is 13.0 Å². The third-order valence-corrected chi connectivity index (χ3v) is 3.26. The molecule has 0 aliphatic carbocycles. The molecule has 0 saturated carbocycles. The number of carbonyl (C=O) groups excluding carboxylic acids is 1. The lowest BCUT2D eigenvalue weighted by molar-refractivity contribution is -0.121. The lowest BCUT2D eigenvalue weighted by atomic mass is 10.4. The van der Waals surface area contributed by atoms with E-state index in [2.05, 4.69) is 16.9 Å². The first kappa shape index (κ1) is 12.5. The Morgan fingerprint density at radius 2 is 2.44 bits per heavy atom. The summed E-state index contributed by atoms with van der Waals surface area (Å²) in [6.45, 7) is 4.10. The summed E-state index contributed by atoms with van der Waals surface area (Å²) in [6.07, 6.45) is 3.85. The van der Waals surface area contributed by atoms with Gasteiger partial charge in [-0.3, -0.25) is 14.2 Å². The van der Waals surface area contributed by atoms with Crippen LogP contribution in [-0.4, -0.2) is 22.0 Å². The second-order valence-corrected chi connectivity index (χ2v) is 4.64. The number of hydrogen-bond donors (Lipinski definition) is 1. The van der Waals surface area contributed by atoms with Crippen molar-refractivity contribution in [3.05, 3.63) is 40.8 Å². The van der Waals surface area contributed by atoms with Gasteiger partial charge in [-0.1, -0.05) is 6.08 Å². The minimum atomic E-state index is -0.199. The molecule has 0 aliphatic rings. The van der Waals surface area contributed by atoms with Crippen LogP contribution in [0.2, 0.25) is 0 Å². The van der Waals surface area contributed by atoms with E-state index in [1.807, 2.05) is 5.38 Å².